The molecule has 12 heteroatoms. The van der Waals surface area contributed by atoms with Crippen molar-refractivity contribution in [3.05, 3.63) is 83.2 Å². The van der Waals surface area contributed by atoms with Gasteiger partial charge in [-0.3, -0.25) is 5.32 Å². The topological polar surface area (TPSA) is 108 Å². The highest BCUT2D eigenvalue weighted by molar-refractivity contribution is 5.99. The van der Waals surface area contributed by atoms with Crippen LogP contribution in [0.25, 0.3) is 11.0 Å². The molecule has 0 aliphatic heterocycles. The zero-order valence-corrected chi connectivity index (χ0v) is 18.7. The van der Waals surface area contributed by atoms with E-state index < -0.39 is 35.4 Å². The van der Waals surface area contributed by atoms with Crippen LogP contribution < -0.4 is 16.0 Å². The van der Waals surface area contributed by atoms with Crippen LogP contribution in [0.4, 0.5) is 44.5 Å². The Morgan fingerprint density at radius 2 is 1.67 bits per heavy atom. The fourth-order valence-electron chi connectivity index (χ4n) is 3.40. The number of alkyl halides is 3. The summed E-state index contributed by atoms with van der Waals surface area (Å²) in [5.41, 5.74) is 1.95. The molecule has 0 fully saturated rings. The van der Waals surface area contributed by atoms with Gasteiger partial charge in [0.2, 0.25) is 5.95 Å². The molecule has 186 valence electrons. The van der Waals surface area contributed by atoms with Crippen LogP contribution in [0.1, 0.15) is 16.7 Å². The molecule has 8 nitrogen and oxygen atoms in total. The predicted molar refractivity (Wildman–Crippen MR) is 125 cm³/mol. The van der Waals surface area contributed by atoms with Crippen LogP contribution >= 0.6 is 0 Å². The number of H-pyrrole nitrogens is 1. The quantitative estimate of drug-likeness (QED) is 0.247. The van der Waals surface area contributed by atoms with Crippen LogP contribution in [0.2, 0.25) is 0 Å². The molecule has 3 aromatic carbocycles. The van der Waals surface area contributed by atoms with Gasteiger partial charge in [-0.05, 0) is 60.0 Å². The number of fused-ring (bicyclic) bond motifs is 1. The van der Waals surface area contributed by atoms with E-state index in [1.807, 2.05) is 12.1 Å². The molecule has 0 unspecified atom stereocenters. The molecule has 36 heavy (non-hydrogen) atoms. The lowest BCUT2D eigenvalue weighted by Crippen LogP contribution is -2.20. The third kappa shape index (κ3) is 5.90. The smallest absolute Gasteiger partial charge is 0.416 e. The molecule has 4 aromatic rings. The summed E-state index contributed by atoms with van der Waals surface area (Å²) in [6.07, 6.45) is -4.76. The van der Waals surface area contributed by atoms with Gasteiger partial charge in [0.25, 0.3) is 0 Å². The van der Waals surface area contributed by atoms with Crippen molar-refractivity contribution in [1.29, 1.82) is 0 Å². The van der Waals surface area contributed by atoms with Crippen molar-refractivity contribution in [2.24, 2.45) is 0 Å². The monoisotopic (exact) mass is 501 g/mol. The van der Waals surface area contributed by atoms with Crippen molar-refractivity contribution in [2.75, 3.05) is 23.1 Å². The molecule has 4 rings (SSSR count). The molecular weight excluding hydrogens is 482 g/mol. The molecule has 4 N–H and O–H groups in total. The Balaban J connectivity index is 1.39. The first-order valence-corrected chi connectivity index (χ1v) is 10.5. The molecule has 1 aromatic heterocycles. The van der Waals surface area contributed by atoms with Crippen molar-refractivity contribution in [3.8, 4) is 0 Å². The molecule has 0 bridgehead atoms. The van der Waals surface area contributed by atoms with Gasteiger partial charge in [0.15, 0.2) is 0 Å². The number of ether oxygens (including phenoxy) is 1. The first kappa shape index (κ1) is 24.5. The number of urea groups is 1. The van der Waals surface area contributed by atoms with Gasteiger partial charge in [0, 0.05) is 5.69 Å². The Morgan fingerprint density at radius 1 is 0.944 bits per heavy atom. The largest absolute Gasteiger partial charge is 0.453 e. The van der Waals surface area contributed by atoms with Crippen molar-refractivity contribution in [1.82, 2.24) is 9.97 Å². The van der Waals surface area contributed by atoms with Gasteiger partial charge in [-0.2, -0.15) is 13.2 Å². The van der Waals surface area contributed by atoms with Crippen molar-refractivity contribution in [3.63, 3.8) is 0 Å². The fraction of sp³-hybridized carbons (Fsp3) is 0.125. The summed E-state index contributed by atoms with van der Waals surface area (Å²) in [5, 5.41) is 7.01. The molecule has 0 atom stereocenters. The maximum atomic E-state index is 13.8. The maximum absolute atomic E-state index is 13.8. The number of carbonyl (C=O) groups is 2. The van der Waals surface area contributed by atoms with E-state index in [0.717, 1.165) is 16.6 Å². The second-order valence-electron chi connectivity index (χ2n) is 7.70. The number of nitrogens with zero attached hydrogens (tertiary/aromatic N) is 1. The van der Waals surface area contributed by atoms with E-state index in [4.69, 9.17) is 0 Å². The van der Waals surface area contributed by atoms with Crippen LogP contribution in [0.15, 0.2) is 60.7 Å². The van der Waals surface area contributed by atoms with Crippen LogP contribution in [-0.2, 0) is 17.3 Å². The molecule has 0 radical (unpaired) electrons. The third-order valence-corrected chi connectivity index (χ3v) is 5.11. The van der Waals surface area contributed by atoms with Gasteiger partial charge in [-0.1, -0.05) is 18.2 Å². The first-order valence-electron chi connectivity index (χ1n) is 10.5. The van der Waals surface area contributed by atoms with Crippen LogP contribution in [-0.4, -0.2) is 29.2 Å². The number of methoxy groups -OCH3 is 1. The number of nitrogens with one attached hydrogen (secondary N) is 4. The van der Waals surface area contributed by atoms with E-state index in [-0.39, 0.29) is 5.95 Å². The molecular formula is C24H19F4N5O3. The normalized spacial score (nSPS) is 11.2. The van der Waals surface area contributed by atoms with Gasteiger partial charge in [0.05, 0.1) is 29.4 Å². The Morgan fingerprint density at radius 3 is 2.36 bits per heavy atom. The minimum Gasteiger partial charge on any atom is -0.453 e. The van der Waals surface area contributed by atoms with Gasteiger partial charge < -0.3 is 20.4 Å². The van der Waals surface area contributed by atoms with E-state index in [9.17, 15) is 27.2 Å². The summed E-state index contributed by atoms with van der Waals surface area (Å²) in [7, 11) is 1.25. The fourth-order valence-corrected chi connectivity index (χ4v) is 3.40. The summed E-state index contributed by atoms with van der Waals surface area (Å²) in [4.78, 5) is 30.7. The maximum Gasteiger partial charge on any atom is 0.416 e. The Bertz CT molecular complexity index is 1420. The number of rotatable bonds is 5. The second kappa shape index (κ2) is 9.94. The first-order chi connectivity index (χ1) is 17.1. The highest BCUT2D eigenvalue weighted by Crippen LogP contribution is 2.32. The van der Waals surface area contributed by atoms with E-state index in [0.29, 0.717) is 35.8 Å². The zero-order chi connectivity index (χ0) is 25.9. The zero-order valence-electron chi connectivity index (χ0n) is 18.7. The summed E-state index contributed by atoms with van der Waals surface area (Å²) < 4.78 is 56.9. The standard InChI is InChI=1S/C24H19F4N5O3/c1-36-23(35)33-21-30-18-9-4-14(11-20(18)31-21)10-13-2-6-16(7-3-13)29-22(34)32-19-12-15(24(26,27)28)5-8-17(19)25/h2-9,11-12H,10H2,1H3,(H2,29,32,34)(H2,30,31,33,35). The predicted octanol–water partition coefficient (Wildman–Crippen LogP) is 6.13. The van der Waals surface area contributed by atoms with Gasteiger partial charge >= 0.3 is 18.3 Å². The lowest BCUT2D eigenvalue weighted by atomic mass is 10.0. The average molecular weight is 501 g/mol. The van der Waals surface area contributed by atoms with Crippen molar-refractivity contribution in [2.45, 2.75) is 12.6 Å². The van der Waals surface area contributed by atoms with E-state index >= 15 is 0 Å². The highest BCUT2D eigenvalue weighted by atomic mass is 19.4. The van der Waals surface area contributed by atoms with Gasteiger partial charge in [0.1, 0.15) is 5.82 Å². The summed E-state index contributed by atoms with van der Waals surface area (Å²) in [6.45, 7) is 0. The molecule has 0 saturated carbocycles. The van der Waals surface area contributed by atoms with Crippen molar-refractivity contribution < 1.29 is 31.9 Å². The van der Waals surface area contributed by atoms with Crippen molar-refractivity contribution >= 4 is 40.5 Å². The number of hydrogen-bond acceptors (Lipinski definition) is 4. The molecule has 0 aliphatic rings. The number of halogens is 4. The molecule has 0 aliphatic carbocycles. The number of amides is 3. The number of carbonyl (C=O) groups excluding carboxylic acids is 2. The molecule has 0 saturated heterocycles. The lowest BCUT2D eigenvalue weighted by Gasteiger charge is -2.12. The average Bonchev–Trinajstić information content (AvgIpc) is 3.22. The number of imidazole rings is 1. The highest BCUT2D eigenvalue weighted by Gasteiger charge is 2.31. The van der Waals surface area contributed by atoms with Crippen LogP contribution in [0.3, 0.4) is 0 Å². The SMILES string of the molecule is COC(=O)Nc1nc2ccc(Cc3ccc(NC(=O)Nc4cc(C(F)(F)F)ccc4F)cc3)cc2[nH]1. The van der Waals surface area contributed by atoms with E-state index in [2.05, 4.69) is 30.7 Å². The number of hydrogen-bond donors (Lipinski definition) is 4. The third-order valence-electron chi connectivity index (χ3n) is 5.11. The second-order valence-corrected chi connectivity index (χ2v) is 7.70. The molecule has 1 heterocycles. The van der Waals surface area contributed by atoms with E-state index in [1.165, 1.54) is 7.11 Å². The summed E-state index contributed by atoms with van der Waals surface area (Å²) in [5.74, 6) is -0.733. The molecule has 3 amide bonds. The summed E-state index contributed by atoms with van der Waals surface area (Å²) >= 11 is 0. The number of benzene rings is 3. The Hall–Kier alpha value is -4.61. The van der Waals surface area contributed by atoms with Crippen LogP contribution in [0, 0.1) is 5.82 Å². The number of aromatic amines is 1. The Labute approximate surface area is 201 Å². The van der Waals surface area contributed by atoms with Crippen LogP contribution in [0.5, 0.6) is 0 Å². The van der Waals surface area contributed by atoms with E-state index in [1.54, 1.807) is 30.3 Å². The minimum absolute atomic E-state index is 0.257. The summed E-state index contributed by atoms with van der Waals surface area (Å²) in [6, 6.07) is 13.2. The lowest BCUT2D eigenvalue weighted by molar-refractivity contribution is -0.137. The van der Waals surface area contributed by atoms with Gasteiger partial charge in [-0.25, -0.2) is 19.0 Å². The number of anilines is 3. The van der Waals surface area contributed by atoms with Gasteiger partial charge in [-0.15, -0.1) is 0 Å². The number of aromatic nitrogens is 2. The minimum atomic E-state index is -4.67. The molecule has 0 spiro atoms. The Kier molecular flexibility index (Phi) is 6.77.